The fourth-order valence-electron chi connectivity index (χ4n) is 3.06. The van der Waals surface area contributed by atoms with Crippen LogP contribution in [0.4, 0.5) is 5.69 Å². The van der Waals surface area contributed by atoms with Crippen molar-refractivity contribution in [3.8, 4) is 0 Å². The smallest absolute Gasteiger partial charge is 0.137 e. The molecule has 1 heterocycles. The maximum absolute atomic E-state index is 4.15. The average Bonchev–Trinajstić information content (AvgIpc) is 3.00. The molecular weight excluding hydrogens is 248 g/mol. The summed E-state index contributed by atoms with van der Waals surface area (Å²) in [5, 5.41) is 7.82. The van der Waals surface area contributed by atoms with Crippen molar-refractivity contribution < 1.29 is 0 Å². The summed E-state index contributed by atoms with van der Waals surface area (Å²) in [5.41, 5.74) is 2.94. The first-order valence-electron chi connectivity index (χ1n) is 7.29. The number of nitrogens with zero attached hydrogens (tertiary/aromatic N) is 3. The maximum Gasteiger partial charge on any atom is 0.137 e. The van der Waals surface area contributed by atoms with Gasteiger partial charge in [-0.15, -0.1) is 0 Å². The average molecular weight is 270 g/mol. The van der Waals surface area contributed by atoms with E-state index in [2.05, 4.69) is 53.5 Å². The molecule has 0 aliphatic heterocycles. The van der Waals surface area contributed by atoms with Gasteiger partial charge in [-0.2, -0.15) is 5.10 Å². The third-order valence-corrected chi connectivity index (χ3v) is 4.08. The number of benzene rings is 1. The molecule has 0 radical (unpaired) electrons. The van der Waals surface area contributed by atoms with Crippen LogP contribution in [0, 0.1) is 5.41 Å². The minimum Gasteiger partial charge on any atom is -0.382 e. The monoisotopic (exact) mass is 270 g/mol. The first-order chi connectivity index (χ1) is 9.61. The van der Waals surface area contributed by atoms with Gasteiger partial charge in [-0.25, -0.2) is 9.67 Å². The Balaban J connectivity index is 1.66. The normalized spacial score (nSPS) is 21.0. The Morgan fingerprint density at radius 1 is 1.40 bits per heavy atom. The molecule has 0 saturated heterocycles. The van der Waals surface area contributed by atoms with E-state index in [-0.39, 0.29) is 0 Å². The molecule has 0 bridgehead atoms. The van der Waals surface area contributed by atoms with Crippen LogP contribution in [0.3, 0.4) is 0 Å². The lowest BCUT2D eigenvalue weighted by molar-refractivity contribution is 0.378. The maximum atomic E-state index is 4.15. The molecule has 0 amide bonds. The Morgan fingerprint density at radius 3 is 3.00 bits per heavy atom. The minimum absolute atomic E-state index is 0.482. The molecule has 1 N–H and O–H groups in total. The van der Waals surface area contributed by atoms with Crippen LogP contribution in [0.5, 0.6) is 0 Å². The van der Waals surface area contributed by atoms with Crippen LogP contribution in [0.1, 0.15) is 38.7 Å². The molecule has 4 nitrogen and oxygen atoms in total. The quantitative estimate of drug-likeness (QED) is 0.926. The van der Waals surface area contributed by atoms with Gasteiger partial charge in [-0.05, 0) is 42.4 Å². The van der Waals surface area contributed by atoms with Gasteiger partial charge in [0.25, 0.3) is 0 Å². The van der Waals surface area contributed by atoms with E-state index in [9.17, 15) is 0 Å². The lowest BCUT2D eigenvalue weighted by Crippen LogP contribution is -2.17. The largest absolute Gasteiger partial charge is 0.382 e. The summed E-state index contributed by atoms with van der Waals surface area (Å²) in [4.78, 5) is 3.98. The third kappa shape index (κ3) is 3.18. The van der Waals surface area contributed by atoms with Crippen LogP contribution >= 0.6 is 0 Å². The summed E-state index contributed by atoms with van der Waals surface area (Å²) in [5.74, 6) is 0. The molecule has 4 heteroatoms. The minimum atomic E-state index is 0.482. The van der Waals surface area contributed by atoms with Crippen molar-refractivity contribution in [3.63, 3.8) is 0 Å². The Kier molecular flexibility index (Phi) is 3.47. The van der Waals surface area contributed by atoms with Crippen molar-refractivity contribution in [3.05, 3.63) is 42.5 Å². The van der Waals surface area contributed by atoms with E-state index >= 15 is 0 Å². The molecule has 1 unspecified atom stereocenters. The van der Waals surface area contributed by atoms with Gasteiger partial charge in [0.1, 0.15) is 12.7 Å². The van der Waals surface area contributed by atoms with E-state index in [0.29, 0.717) is 11.5 Å². The fourth-order valence-corrected chi connectivity index (χ4v) is 3.06. The standard InChI is InChI=1S/C16H22N4/c1-16(2)7-6-15(9-16)19-14-5-3-4-13(8-14)10-20-12-17-11-18-20/h3-5,8,11-12,15,19H,6-7,9-10H2,1-2H3. The number of anilines is 1. The summed E-state index contributed by atoms with van der Waals surface area (Å²) in [6, 6.07) is 9.20. The van der Waals surface area contributed by atoms with E-state index in [1.54, 1.807) is 12.7 Å². The molecular formula is C16H22N4. The number of nitrogens with one attached hydrogen (secondary N) is 1. The second-order valence-corrected chi connectivity index (χ2v) is 6.54. The molecule has 1 aromatic carbocycles. The highest BCUT2D eigenvalue weighted by molar-refractivity contribution is 5.46. The molecule has 106 valence electrons. The number of aromatic nitrogens is 3. The lowest BCUT2D eigenvalue weighted by Gasteiger charge is -2.19. The second kappa shape index (κ2) is 5.27. The third-order valence-electron chi connectivity index (χ3n) is 4.08. The molecule has 0 spiro atoms. The first-order valence-corrected chi connectivity index (χ1v) is 7.29. The molecule has 1 atom stereocenters. The zero-order valence-corrected chi connectivity index (χ0v) is 12.2. The number of hydrogen-bond acceptors (Lipinski definition) is 3. The van der Waals surface area contributed by atoms with Crippen LogP contribution in [-0.2, 0) is 6.54 Å². The summed E-state index contributed by atoms with van der Waals surface area (Å²) < 4.78 is 1.85. The van der Waals surface area contributed by atoms with E-state index in [1.165, 1.54) is 30.5 Å². The van der Waals surface area contributed by atoms with Crippen molar-refractivity contribution in [2.24, 2.45) is 5.41 Å². The van der Waals surface area contributed by atoms with Crippen LogP contribution in [0.2, 0.25) is 0 Å². The second-order valence-electron chi connectivity index (χ2n) is 6.54. The van der Waals surface area contributed by atoms with Gasteiger partial charge in [0, 0.05) is 11.7 Å². The highest BCUT2D eigenvalue weighted by atomic mass is 15.3. The van der Waals surface area contributed by atoms with Gasteiger partial charge < -0.3 is 5.32 Å². The van der Waals surface area contributed by atoms with E-state index in [0.717, 1.165) is 6.54 Å². The van der Waals surface area contributed by atoms with Crippen LogP contribution in [0.15, 0.2) is 36.9 Å². The predicted molar refractivity (Wildman–Crippen MR) is 80.6 cm³/mol. The summed E-state index contributed by atoms with van der Waals surface area (Å²) in [7, 11) is 0. The zero-order chi connectivity index (χ0) is 14.0. The Labute approximate surface area is 120 Å². The summed E-state index contributed by atoms with van der Waals surface area (Å²) in [6.45, 7) is 5.48. The molecule has 1 fully saturated rings. The number of hydrogen-bond donors (Lipinski definition) is 1. The highest BCUT2D eigenvalue weighted by Crippen LogP contribution is 2.38. The van der Waals surface area contributed by atoms with Gasteiger partial charge in [0.2, 0.25) is 0 Å². The topological polar surface area (TPSA) is 42.7 Å². The summed E-state index contributed by atoms with van der Waals surface area (Å²) in [6.07, 6.45) is 7.15. The van der Waals surface area contributed by atoms with Crippen LogP contribution in [0.25, 0.3) is 0 Å². The van der Waals surface area contributed by atoms with Crippen molar-refractivity contribution in [1.82, 2.24) is 14.8 Å². The molecule has 3 rings (SSSR count). The van der Waals surface area contributed by atoms with E-state index in [4.69, 9.17) is 0 Å². The summed E-state index contributed by atoms with van der Waals surface area (Å²) >= 11 is 0. The molecule has 20 heavy (non-hydrogen) atoms. The fraction of sp³-hybridized carbons (Fsp3) is 0.500. The number of rotatable bonds is 4. The van der Waals surface area contributed by atoms with Gasteiger partial charge >= 0.3 is 0 Å². The van der Waals surface area contributed by atoms with Crippen molar-refractivity contribution in [1.29, 1.82) is 0 Å². The van der Waals surface area contributed by atoms with Crippen LogP contribution in [-0.4, -0.2) is 20.8 Å². The van der Waals surface area contributed by atoms with Crippen LogP contribution < -0.4 is 5.32 Å². The van der Waals surface area contributed by atoms with Gasteiger partial charge in [-0.1, -0.05) is 26.0 Å². The first kappa shape index (κ1) is 13.2. The van der Waals surface area contributed by atoms with Crippen molar-refractivity contribution in [2.75, 3.05) is 5.32 Å². The molecule has 1 aromatic heterocycles. The van der Waals surface area contributed by atoms with Gasteiger partial charge in [-0.3, -0.25) is 0 Å². The Bertz CT molecular complexity index is 560. The van der Waals surface area contributed by atoms with Crippen molar-refractivity contribution in [2.45, 2.75) is 45.7 Å². The van der Waals surface area contributed by atoms with Gasteiger partial charge in [0.15, 0.2) is 0 Å². The molecule has 1 aliphatic rings. The Morgan fingerprint density at radius 2 is 2.30 bits per heavy atom. The van der Waals surface area contributed by atoms with E-state index < -0.39 is 0 Å². The lowest BCUT2D eigenvalue weighted by atomic mass is 9.92. The SMILES string of the molecule is CC1(C)CCC(Nc2cccc(Cn3cncn3)c2)C1. The highest BCUT2D eigenvalue weighted by Gasteiger charge is 2.30. The predicted octanol–water partition coefficient (Wildman–Crippen LogP) is 3.32. The molecule has 1 saturated carbocycles. The Hall–Kier alpha value is -1.84. The van der Waals surface area contributed by atoms with Gasteiger partial charge in [0.05, 0.1) is 6.54 Å². The molecule has 1 aliphatic carbocycles. The molecule has 2 aromatic rings. The van der Waals surface area contributed by atoms with Crippen molar-refractivity contribution >= 4 is 5.69 Å². The van der Waals surface area contributed by atoms with E-state index in [1.807, 2.05) is 4.68 Å². The zero-order valence-electron chi connectivity index (χ0n) is 12.2.